The quantitative estimate of drug-likeness (QED) is 0.630. The van der Waals surface area contributed by atoms with Crippen LogP contribution in [0, 0.1) is 12.7 Å². The molecule has 5 rings (SSSR count). The second-order valence-electron chi connectivity index (χ2n) is 7.92. The Balaban J connectivity index is 1.50. The number of aryl methyl sites for hydroxylation is 1. The van der Waals surface area contributed by atoms with Gasteiger partial charge in [-0.1, -0.05) is 18.2 Å². The van der Waals surface area contributed by atoms with Gasteiger partial charge in [0.2, 0.25) is 5.43 Å². The first-order valence-electron chi connectivity index (χ1n) is 10.6. The zero-order chi connectivity index (χ0) is 22.2. The van der Waals surface area contributed by atoms with E-state index in [4.69, 9.17) is 9.47 Å². The second kappa shape index (κ2) is 8.11. The number of para-hydroxylation sites is 1. The van der Waals surface area contributed by atoms with Gasteiger partial charge in [0.25, 0.3) is 5.91 Å². The summed E-state index contributed by atoms with van der Waals surface area (Å²) in [7, 11) is 0. The van der Waals surface area contributed by atoms with Crippen molar-refractivity contribution >= 4 is 5.91 Å². The summed E-state index contributed by atoms with van der Waals surface area (Å²) in [6.07, 6.45) is 1.57. The third-order valence-electron chi connectivity index (χ3n) is 5.86. The third-order valence-corrected chi connectivity index (χ3v) is 5.86. The Bertz CT molecular complexity index is 1260. The zero-order valence-corrected chi connectivity index (χ0v) is 17.6. The molecule has 1 saturated heterocycles. The normalized spacial score (nSPS) is 17.4. The molecule has 1 atom stereocenters. The van der Waals surface area contributed by atoms with E-state index >= 15 is 0 Å². The summed E-state index contributed by atoms with van der Waals surface area (Å²) in [5, 5.41) is 4.27. The van der Waals surface area contributed by atoms with Crippen molar-refractivity contribution in [3.05, 3.63) is 81.5 Å². The number of benzene rings is 2. The third kappa shape index (κ3) is 3.51. The van der Waals surface area contributed by atoms with Crippen molar-refractivity contribution in [2.24, 2.45) is 0 Å². The first-order chi connectivity index (χ1) is 15.5. The fourth-order valence-electron chi connectivity index (χ4n) is 4.32. The monoisotopic (exact) mass is 435 g/mol. The van der Waals surface area contributed by atoms with E-state index < -0.39 is 17.2 Å². The molecule has 0 spiro atoms. The van der Waals surface area contributed by atoms with Crippen LogP contribution in [0.4, 0.5) is 4.39 Å². The van der Waals surface area contributed by atoms with E-state index in [1.807, 2.05) is 18.2 Å². The van der Waals surface area contributed by atoms with Crippen LogP contribution in [-0.4, -0.2) is 40.3 Å². The highest BCUT2D eigenvalue weighted by atomic mass is 19.1. The van der Waals surface area contributed by atoms with Crippen molar-refractivity contribution in [1.82, 2.24) is 14.7 Å². The van der Waals surface area contributed by atoms with E-state index in [0.717, 1.165) is 18.4 Å². The van der Waals surface area contributed by atoms with Crippen LogP contribution in [0.25, 0.3) is 5.69 Å². The van der Waals surface area contributed by atoms with Crippen molar-refractivity contribution in [2.45, 2.75) is 25.8 Å². The number of ether oxygens (including phenoxy) is 2. The number of halogens is 1. The molecule has 1 aromatic heterocycles. The molecular formula is C24H22FN3O4. The van der Waals surface area contributed by atoms with E-state index in [9.17, 15) is 14.0 Å². The van der Waals surface area contributed by atoms with E-state index in [2.05, 4.69) is 5.10 Å². The molecule has 0 bridgehead atoms. The van der Waals surface area contributed by atoms with Crippen LogP contribution < -0.4 is 14.9 Å². The minimum atomic E-state index is -0.486. The molecule has 1 fully saturated rings. The van der Waals surface area contributed by atoms with E-state index in [1.165, 1.54) is 16.8 Å². The highest BCUT2D eigenvalue weighted by Gasteiger charge is 2.33. The summed E-state index contributed by atoms with van der Waals surface area (Å²) >= 11 is 0. The van der Waals surface area contributed by atoms with Crippen LogP contribution in [0.15, 0.2) is 53.3 Å². The number of hydrogen-bond donors (Lipinski definition) is 0. The summed E-state index contributed by atoms with van der Waals surface area (Å²) in [4.78, 5) is 27.8. The Morgan fingerprint density at radius 3 is 2.69 bits per heavy atom. The topological polar surface area (TPSA) is 73.7 Å². The van der Waals surface area contributed by atoms with Crippen molar-refractivity contribution in [3.8, 4) is 17.2 Å². The number of nitrogens with zero attached hydrogens (tertiary/aromatic N) is 3. The Morgan fingerprint density at radius 1 is 1.09 bits per heavy atom. The smallest absolute Gasteiger partial charge is 0.278 e. The van der Waals surface area contributed by atoms with Gasteiger partial charge < -0.3 is 14.4 Å². The number of likely N-dealkylation sites (tertiary alicyclic amines) is 1. The average molecular weight is 435 g/mol. The molecule has 8 heteroatoms. The van der Waals surface area contributed by atoms with Gasteiger partial charge >= 0.3 is 0 Å². The number of aromatic nitrogens is 2. The van der Waals surface area contributed by atoms with Crippen molar-refractivity contribution in [1.29, 1.82) is 0 Å². The molecule has 3 heterocycles. The molecule has 7 nitrogen and oxygen atoms in total. The average Bonchev–Trinajstić information content (AvgIpc) is 3.29. The van der Waals surface area contributed by atoms with Crippen LogP contribution in [-0.2, 0) is 0 Å². The molecule has 2 aromatic carbocycles. The summed E-state index contributed by atoms with van der Waals surface area (Å²) < 4.78 is 26.9. The Kier molecular flexibility index (Phi) is 5.13. The van der Waals surface area contributed by atoms with Crippen LogP contribution in [0.1, 0.15) is 40.6 Å². The molecule has 0 aliphatic carbocycles. The van der Waals surface area contributed by atoms with Crippen molar-refractivity contribution < 1.29 is 18.7 Å². The maximum absolute atomic E-state index is 14.4. The summed E-state index contributed by atoms with van der Waals surface area (Å²) in [5.41, 5.74) is 0.850. The number of hydrogen-bond acceptors (Lipinski definition) is 5. The van der Waals surface area contributed by atoms with Crippen LogP contribution >= 0.6 is 0 Å². The number of carbonyl (C=O) groups excluding carboxylic acids is 1. The van der Waals surface area contributed by atoms with Crippen molar-refractivity contribution in [2.75, 3.05) is 19.8 Å². The van der Waals surface area contributed by atoms with Gasteiger partial charge in [0.05, 0.1) is 6.04 Å². The van der Waals surface area contributed by atoms with Crippen molar-refractivity contribution in [3.63, 3.8) is 0 Å². The molecule has 1 amide bonds. The number of fused-ring (bicyclic) bond motifs is 1. The highest BCUT2D eigenvalue weighted by Crippen LogP contribution is 2.38. The lowest BCUT2D eigenvalue weighted by atomic mass is 10.0. The molecule has 1 unspecified atom stereocenters. The maximum atomic E-state index is 14.4. The summed E-state index contributed by atoms with van der Waals surface area (Å²) in [5.74, 6) is 0.394. The SMILES string of the molecule is Cc1cc(=O)c(C(=O)N2CCCC2c2ccc3c(c2)OCCO3)nn1-c1ccccc1F. The fraction of sp³-hybridized carbons (Fsp3) is 0.292. The van der Waals surface area contributed by atoms with E-state index in [1.54, 1.807) is 30.0 Å². The number of rotatable bonds is 3. The minimum absolute atomic E-state index is 0.184. The predicted molar refractivity (Wildman–Crippen MR) is 115 cm³/mol. The van der Waals surface area contributed by atoms with E-state index in [-0.39, 0.29) is 17.4 Å². The molecule has 0 saturated carbocycles. The number of carbonyl (C=O) groups is 1. The van der Waals surface area contributed by atoms with Crippen LogP contribution in [0.3, 0.4) is 0 Å². The van der Waals surface area contributed by atoms with Gasteiger partial charge in [-0.25, -0.2) is 9.07 Å². The Morgan fingerprint density at radius 2 is 1.88 bits per heavy atom. The molecular weight excluding hydrogens is 413 g/mol. The maximum Gasteiger partial charge on any atom is 0.278 e. The lowest BCUT2D eigenvalue weighted by Crippen LogP contribution is -2.36. The van der Waals surface area contributed by atoms with Crippen LogP contribution in [0.5, 0.6) is 11.5 Å². The Hall–Kier alpha value is -3.68. The van der Waals surface area contributed by atoms with Gasteiger partial charge in [0.15, 0.2) is 17.2 Å². The molecule has 32 heavy (non-hydrogen) atoms. The lowest BCUT2D eigenvalue weighted by molar-refractivity contribution is 0.0725. The lowest BCUT2D eigenvalue weighted by Gasteiger charge is -2.26. The largest absolute Gasteiger partial charge is 0.486 e. The van der Waals surface area contributed by atoms with E-state index in [0.29, 0.717) is 37.0 Å². The van der Waals surface area contributed by atoms with Gasteiger partial charge in [-0.2, -0.15) is 5.10 Å². The first kappa shape index (κ1) is 20.2. The summed E-state index contributed by atoms with van der Waals surface area (Å²) in [6.45, 7) is 3.15. The molecule has 2 aliphatic rings. The van der Waals surface area contributed by atoms with Gasteiger partial charge in [0.1, 0.15) is 24.7 Å². The highest BCUT2D eigenvalue weighted by molar-refractivity contribution is 5.92. The molecule has 164 valence electrons. The molecule has 3 aromatic rings. The standard InChI is InChI=1S/C24H22FN3O4/c1-15-13-20(29)23(26-28(15)19-6-3-2-5-17(19)25)24(30)27-10-4-7-18(27)16-8-9-21-22(14-16)32-12-11-31-21/h2-3,5-6,8-9,13-14,18H,4,7,10-12H2,1H3. The van der Waals surface area contributed by atoms with Gasteiger partial charge in [-0.3, -0.25) is 9.59 Å². The predicted octanol–water partition coefficient (Wildman–Crippen LogP) is 3.43. The van der Waals surface area contributed by atoms with Gasteiger partial charge in [-0.15, -0.1) is 0 Å². The molecule has 0 radical (unpaired) electrons. The minimum Gasteiger partial charge on any atom is -0.486 e. The first-order valence-corrected chi connectivity index (χ1v) is 10.6. The molecule has 0 N–H and O–H groups in total. The zero-order valence-electron chi connectivity index (χ0n) is 17.6. The fourth-order valence-corrected chi connectivity index (χ4v) is 4.32. The van der Waals surface area contributed by atoms with Gasteiger partial charge in [0, 0.05) is 18.3 Å². The number of amides is 1. The molecule has 2 aliphatic heterocycles. The Labute approximate surface area is 184 Å². The van der Waals surface area contributed by atoms with Crippen LogP contribution in [0.2, 0.25) is 0 Å². The second-order valence-corrected chi connectivity index (χ2v) is 7.92. The summed E-state index contributed by atoms with van der Waals surface area (Å²) in [6, 6.07) is 12.9. The van der Waals surface area contributed by atoms with Gasteiger partial charge in [-0.05, 0) is 49.6 Å².